The molecule has 2 saturated carbocycles. The number of rotatable bonds is 6. The van der Waals surface area contributed by atoms with E-state index in [4.69, 9.17) is 0 Å². The maximum Gasteiger partial charge on any atom is 0.407 e. The number of benzene rings is 2. The fraction of sp³-hybridized carbons (Fsp3) is 0.400. The fourth-order valence-electron chi connectivity index (χ4n) is 4.92. The SMILES string of the molecule is O=C(N[C@@H]1C[C@@H]1c1ccccc1)C1CN(C(=O)O)CC1C(=O)N[C@@H]1C[C@@H]1c1ccccc1. The number of nitrogens with zero attached hydrogens (tertiary/aromatic N) is 1. The second-order valence-corrected chi connectivity index (χ2v) is 9.14. The summed E-state index contributed by atoms with van der Waals surface area (Å²) in [5, 5.41) is 15.6. The molecule has 3 fully saturated rings. The average Bonchev–Trinajstić information content (AvgIpc) is 3.70. The van der Waals surface area contributed by atoms with Gasteiger partial charge in [-0.25, -0.2) is 4.79 Å². The summed E-state index contributed by atoms with van der Waals surface area (Å²) in [5.74, 6) is -1.24. The van der Waals surface area contributed by atoms with Gasteiger partial charge in [0.1, 0.15) is 0 Å². The summed E-state index contributed by atoms with van der Waals surface area (Å²) >= 11 is 0. The number of likely N-dealkylation sites (tertiary alicyclic amines) is 1. The number of carboxylic acid groups (broad SMARTS) is 1. The van der Waals surface area contributed by atoms with Crippen molar-refractivity contribution < 1.29 is 19.5 Å². The van der Waals surface area contributed by atoms with E-state index in [0.717, 1.165) is 12.8 Å². The summed E-state index contributed by atoms with van der Waals surface area (Å²) in [6.45, 7) is 0.101. The van der Waals surface area contributed by atoms with Gasteiger partial charge in [-0.3, -0.25) is 9.59 Å². The van der Waals surface area contributed by atoms with Crippen molar-refractivity contribution >= 4 is 17.9 Å². The summed E-state index contributed by atoms with van der Waals surface area (Å²) in [4.78, 5) is 38.8. The Balaban J connectivity index is 1.21. The van der Waals surface area contributed by atoms with Crippen LogP contribution in [0.5, 0.6) is 0 Å². The lowest BCUT2D eigenvalue weighted by molar-refractivity contribution is -0.133. The molecular formula is C25H27N3O4. The van der Waals surface area contributed by atoms with Crippen LogP contribution in [-0.4, -0.2) is 53.1 Å². The fourth-order valence-corrected chi connectivity index (χ4v) is 4.92. The Labute approximate surface area is 186 Å². The van der Waals surface area contributed by atoms with Crippen molar-refractivity contribution in [1.82, 2.24) is 15.5 Å². The van der Waals surface area contributed by atoms with Crippen molar-refractivity contribution in [2.45, 2.75) is 36.8 Å². The molecule has 2 aromatic carbocycles. The van der Waals surface area contributed by atoms with Crippen LogP contribution in [0.2, 0.25) is 0 Å². The lowest BCUT2D eigenvalue weighted by Gasteiger charge is -2.18. The molecule has 1 saturated heterocycles. The molecule has 0 spiro atoms. The van der Waals surface area contributed by atoms with Crippen LogP contribution in [0.15, 0.2) is 60.7 Å². The first-order valence-corrected chi connectivity index (χ1v) is 11.2. The molecule has 0 bridgehead atoms. The van der Waals surface area contributed by atoms with E-state index < -0.39 is 17.9 Å². The van der Waals surface area contributed by atoms with Gasteiger partial charge in [0.25, 0.3) is 0 Å². The molecule has 3 aliphatic rings. The van der Waals surface area contributed by atoms with Crippen molar-refractivity contribution in [2.75, 3.05) is 13.1 Å². The summed E-state index contributed by atoms with van der Waals surface area (Å²) in [6.07, 6.45) is 0.631. The van der Waals surface area contributed by atoms with E-state index >= 15 is 0 Å². The van der Waals surface area contributed by atoms with Crippen molar-refractivity contribution in [2.24, 2.45) is 11.8 Å². The zero-order valence-electron chi connectivity index (χ0n) is 17.7. The van der Waals surface area contributed by atoms with Gasteiger partial charge in [-0.05, 0) is 24.0 Å². The number of amides is 3. The van der Waals surface area contributed by atoms with Gasteiger partial charge in [-0.1, -0.05) is 60.7 Å². The third-order valence-electron chi connectivity index (χ3n) is 6.96. The highest BCUT2D eigenvalue weighted by Gasteiger charge is 2.48. The monoisotopic (exact) mass is 433 g/mol. The van der Waals surface area contributed by atoms with Crippen LogP contribution in [0.1, 0.15) is 35.8 Å². The van der Waals surface area contributed by atoms with Crippen molar-refractivity contribution in [3.63, 3.8) is 0 Å². The summed E-state index contributed by atoms with van der Waals surface area (Å²) in [6, 6.07) is 20.1. The first-order chi connectivity index (χ1) is 15.5. The van der Waals surface area contributed by atoms with Gasteiger partial charge in [-0.15, -0.1) is 0 Å². The highest BCUT2D eigenvalue weighted by atomic mass is 16.4. The van der Waals surface area contributed by atoms with E-state index in [2.05, 4.69) is 10.6 Å². The number of hydrogen-bond donors (Lipinski definition) is 3. The molecule has 2 aromatic rings. The Morgan fingerprint density at radius 1 is 0.719 bits per heavy atom. The van der Waals surface area contributed by atoms with E-state index in [1.165, 1.54) is 16.0 Å². The smallest absolute Gasteiger partial charge is 0.407 e. The van der Waals surface area contributed by atoms with E-state index in [9.17, 15) is 19.5 Å². The Kier molecular flexibility index (Phi) is 5.33. The Morgan fingerprint density at radius 3 is 1.50 bits per heavy atom. The molecule has 2 unspecified atom stereocenters. The van der Waals surface area contributed by atoms with Crippen molar-refractivity contribution in [1.29, 1.82) is 0 Å². The van der Waals surface area contributed by atoms with Gasteiger partial charge in [0.05, 0.1) is 11.8 Å². The molecule has 1 aliphatic heterocycles. The standard InChI is InChI=1S/C25H27N3O4/c29-23(26-21-11-17(21)15-7-3-1-4-8-15)19-13-28(25(31)32)14-20(19)24(30)27-22-12-18(22)16-9-5-2-6-10-16/h1-10,17-22H,11-14H2,(H,26,29)(H,27,30)(H,31,32)/t17-,18-,19?,20?,21-,22-/m1/s1. The molecular weight excluding hydrogens is 406 g/mol. The molecule has 0 aromatic heterocycles. The topological polar surface area (TPSA) is 98.7 Å². The number of nitrogens with one attached hydrogen (secondary N) is 2. The molecule has 5 rings (SSSR count). The molecule has 32 heavy (non-hydrogen) atoms. The number of hydrogen-bond acceptors (Lipinski definition) is 3. The first-order valence-electron chi connectivity index (χ1n) is 11.2. The Morgan fingerprint density at radius 2 is 1.12 bits per heavy atom. The molecule has 2 aliphatic carbocycles. The van der Waals surface area contributed by atoms with Gasteiger partial charge in [0.15, 0.2) is 0 Å². The molecule has 166 valence electrons. The summed E-state index contributed by atoms with van der Waals surface area (Å²) in [7, 11) is 0. The molecule has 7 nitrogen and oxygen atoms in total. The molecule has 6 atom stereocenters. The summed E-state index contributed by atoms with van der Waals surface area (Å²) in [5.41, 5.74) is 2.37. The van der Waals surface area contributed by atoms with Crippen LogP contribution in [0.4, 0.5) is 4.79 Å². The van der Waals surface area contributed by atoms with Crippen molar-refractivity contribution in [3.05, 3.63) is 71.8 Å². The Bertz CT molecular complexity index is 937. The summed E-state index contributed by atoms with van der Waals surface area (Å²) < 4.78 is 0. The normalized spacial score (nSPS) is 30.4. The molecule has 3 amide bonds. The lowest BCUT2D eigenvalue weighted by atomic mass is 9.94. The molecule has 0 radical (unpaired) electrons. The van der Waals surface area contributed by atoms with Crippen LogP contribution < -0.4 is 10.6 Å². The Hall–Kier alpha value is -3.35. The maximum atomic E-state index is 13.0. The van der Waals surface area contributed by atoms with Gasteiger partial charge in [-0.2, -0.15) is 0 Å². The van der Waals surface area contributed by atoms with E-state index in [-0.39, 0.29) is 48.8 Å². The second kappa shape index (κ2) is 8.30. The quantitative estimate of drug-likeness (QED) is 0.652. The third kappa shape index (κ3) is 4.20. The van der Waals surface area contributed by atoms with Gasteiger partial charge in [0.2, 0.25) is 11.8 Å². The van der Waals surface area contributed by atoms with Gasteiger partial charge >= 0.3 is 6.09 Å². The molecule has 3 N–H and O–H groups in total. The van der Waals surface area contributed by atoms with Crippen LogP contribution in [0, 0.1) is 11.8 Å². The second-order valence-electron chi connectivity index (χ2n) is 9.14. The zero-order valence-corrected chi connectivity index (χ0v) is 17.7. The minimum atomic E-state index is -1.10. The predicted molar refractivity (Wildman–Crippen MR) is 118 cm³/mol. The van der Waals surface area contributed by atoms with Gasteiger partial charge in [0, 0.05) is 37.0 Å². The van der Waals surface area contributed by atoms with E-state index in [1.54, 1.807) is 0 Å². The van der Waals surface area contributed by atoms with Crippen molar-refractivity contribution in [3.8, 4) is 0 Å². The highest BCUT2D eigenvalue weighted by molar-refractivity contribution is 5.90. The van der Waals surface area contributed by atoms with Crippen LogP contribution >= 0.6 is 0 Å². The minimum absolute atomic E-state index is 0.0402. The third-order valence-corrected chi connectivity index (χ3v) is 6.96. The van der Waals surface area contributed by atoms with E-state index in [1.807, 2.05) is 60.7 Å². The van der Waals surface area contributed by atoms with Crippen LogP contribution in [0.25, 0.3) is 0 Å². The maximum absolute atomic E-state index is 13.0. The largest absolute Gasteiger partial charge is 0.465 e. The average molecular weight is 434 g/mol. The number of carbonyl (C=O) groups excluding carboxylic acids is 2. The predicted octanol–water partition coefficient (Wildman–Crippen LogP) is 2.56. The first kappa shape index (κ1) is 20.5. The van der Waals surface area contributed by atoms with Crippen LogP contribution in [-0.2, 0) is 9.59 Å². The zero-order chi connectivity index (χ0) is 22.2. The van der Waals surface area contributed by atoms with Crippen LogP contribution in [0.3, 0.4) is 0 Å². The van der Waals surface area contributed by atoms with E-state index in [0.29, 0.717) is 0 Å². The highest BCUT2D eigenvalue weighted by Crippen LogP contribution is 2.42. The molecule has 1 heterocycles. The number of carbonyl (C=O) groups is 3. The van der Waals surface area contributed by atoms with Gasteiger partial charge < -0.3 is 20.6 Å². The lowest BCUT2D eigenvalue weighted by Crippen LogP contribution is -2.43. The molecule has 7 heteroatoms. The minimum Gasteiger partial charge on any atom is -0.465 e.